The van der Waals surface area contributed by atoms with Crippen molar-refractivity contribution in [1.82, 2.24) is 14.5 Å². The Labute approximate surface area is 250 Å². The van der Waals surface area contributed by atoms with Gasteiger partial charge in [0.25, 0.3) is 0 Å². The van der Waals surface area contributed by atoms with E-state index in [0.29, 0.717) is 23.7 Å². The first kappa shape index (κ1) is 28.6. The van der Waals surface area contributed by atoms with Crippen molar-refractivity contribution in [2.24, 2.45) is 0 Å². The van der Waals surface area contributed by atoms with Crippen LogP contribution in [0.5, 0.6) is 5.75 Å². The van der Waals surface area contributed by atoms with Gasteiger partial charge in [-0.15, -0.1) is 0 Å². The Morgan fingerprint density at radius 2 is 1.95 bits per heavy atom. The number of benzene rings is 3. The van der Waals surface area contributed by atoms with Crippen LogP contribution in [0.3, 0.4) is 0 Å². The van der Waals surface area contributed by atoms with Crippen molar-refractivity contribution in [2.45, 2.75) is 71.6 Å². The monoisotopic (exact) mass is 591 g/mol. The predicted molar refractivity (Wildman–Crippen MR) is 159 cm³/mol. The van der Waals surface area contributed by atoms with Crippen molar-refractivity contribution in [1.29, 1.82) is 0 Å². The summed E-state index contributed by atoms with van der Waals surface area (Å²) in [7, 11) is 0. The summed E-state index contributed by atoms with van der Waals surface area (Å²) < 4.78 is 33.5. The fourth-order valence-corrected chi connectivity index (χ4v) is 5.60. The molecule has 7 nitrogen and oxygen atoms in total. The van der Waals surface area contributed by atoms with Gasteiger partial charge in [0.2, 0.25) is 0 Å². The summed E-state index contributed by atoms with van der Waals surface area (Å²) in [6.45, 7) is 9.67. The Balaban J connectivity index is 1.20. The van der Waals surface area contributed by atoms with E-state index in [0.717, 1.165) is 55.0 Å². The second-order valence-electron chi connectivity index (χ2n) is 12.1. The van der Waals surface area contributed by atoms with Gasteiger partial charge in [0.05, 0.1) is 35.8 Å². The van der Waals surface area contributed by atoms with Crippen molar-refractivity contribution < 1.29 is 23.4 Å². The lowest BCUT2D eigenvalue weighted by Crippen LogP contribution is -2.34. The zero-order valence-corrected chi connectivity index (χ0v) is 24.9. The number of esters is 1. The minimum absolute atomic E-state index is 0.140. The van der Waals surface area contributed by atoms with Gasteiger partial charge in [0.1, 0.15) is 18.0 Å². The van der Waals surface area contributed by atoms with Gasteiger partial charge < -0.3 is 18.8 Å². The quantitative estimate of drug-likeness (QED) is 0.212. The van der Waals surface area contributed by atoms with E-state index in [4.69, 9.17) is 30.8 Å². The summed E-state index contributed by atoms with van der Waals surface area (Å²) in [6, 6.07) is 16.3. The third-order valence-corrected chi connectivity index (χ3v) is 7.89. The lowest BCUT2D eigenvalue weighted by molar-refractivity contribution is -0.0592. The van der Waals surface area contributed by atoms with Gasteiger partial charge in [-0.05, 0) is 86.7 Å². The summed E-state index contributed by atoms with van der Waals surface area (Å²) in [5, 5.41) is 0.339. The van der Waals surface area contributed by atoms with E-state index in [1.54, 1.807) is 18.2 Å². The zero-order valence-electron chi connectivity index (χ0n) is 24.2. The molecule has 1 fully saturated rings. The van der Waals surface area contributed by atoms with Gasteiger partial charge >= 0.3 is 5.97 Å². The molecule has 2 aliphatic rings. The van der Waals surface area contributed by atoms with Gasteiger partial charge in [-0.25, -0.2) is 14.2 Å². The first-order valence-electron chi connectivity index (χ1n) is 14.4. The van der Waals surface area contributed by atoms with Crippen LogP contribution in [0.25, 0.3) is 11.0 Å². The molecule has 9 heteroatoms. The second-order valence-corrected chi connectivity index (χ2v) is 12.5. The maximum Gasteiger partial charge on any atom is 0.338 e. The number of hydrogen-bond donors (Lipinski definition) is 0. The number of carbonyl (C=O) groups is 1. The molecule has 0 N–H and O–H groups in total. The van der Waals surface area contributed by atoms with E-state index >= 15 is 0 Å². The third kappa shape index (κ3) is 6.46. The summed E-state index contributed by atoms with van der Waals surface area (Å²) in [6.07, 6.45) is 2.07. The lowest BCUT2D eigenvalue weighted by Gasteiger charge is -2.30. The summed E-state index contributed by atoms with van der Waals surface area (Å²) in [4.78, 5) is 20.2. The third-order valence-electron chi connectivity index (χ3n) is 7.66. The lowest BCUT2D eigenvalue weighted by atomic mass is 9.97. The molecule has 1 aromatic heterocycles. The number of halogens is 2. The molecule has 0 radical (unpaired) electrons. The Kier molecular flexibility index (Phi) is 7.96. The largest absolute Gasteiger partial charge is 0.486 e. The summed E-state index contributed by atoms with van der Waals surface area (Å²) in [5.41, 5.74) is 5.23. The second kappa shape index (κ2) is 11.7. The Bertz CT molecular complexity index is 1630. The molecule has 4 aromatic rings. The number of ether oxygens (including phenoxy) is 3. The van der Waals surface area contributed by atoms with E-state index in [-0.39, 0.29) is 24.4 Å². The van der Waals surface area contributed by atoms with Gasteiger partial charge in [0, 0.05) is 24.7 Å². The molecule has 3 heterocycles. The molecule has 0 unspecified atom stereocenters. The highest BCUT2D eigenvalue weighted by Gasteiger charge is 2.25. The molecule has 6 rings (SSSR count). The van der Waals surface area contributed by atoms with Gasteiger partial charge in [-0.3, -0.25) is 4.90 Å². The molecule has 2 aliphatic heterocycles. The maximum atomic E-state index is 14.2. The van der Waals surface area contributed by atoms with E-state index in [1.165, 1.54) is 17.2 Å². The molecule has 0 saturated carbocycles. The van der Waals surface area contributed by atoms with E-state index in [2.05, 4.69) is 21.6 Å². The number of aromatic nitrogens is 2. The van der Waals surface area contributed by atoms with Crippen LogP contribution in [0.15, 0.2) is 54.6 Å². The SMILES string of the molecule is CC(C)(C)OC(=O)c1ccc2nc(CN3CCc4ccc(COc5ccc(Cl)cc5F)cc4C3)n(C[C@@H]3CCO3)c2c1. The Hall–Kier alpha value is -3.46. The highest BCUT2D eigenvalue weighted by Crippen LogP contribution is 2.28. The number of imidazole rings is 1. The molecular formula is C33H35ClFN3O4. The van der Waals surface area contributed by atoms with Crippen molar-refractivity contribution >= 4 is 28.6 Å². The van der Waals surface area contributed by atoms with Crippen LogP contribution in [0, 0.1) is 5.82 Å². The number of rotatable bonds is 8. The van der Waals surface area contributed by atoms with Crippen LogP contribution < -0.4 is 4.74 Å². The van der Waals surface area contributed by atoms with Crippen LogP contribution in [0.4, 0.5) is 4.39 Å². The normalized spacial score (nSPS) is 17.1. The van der Waals surface area contributed by atoms with E-state index in [9.17, 15) is 9.18 Å². The number of hydrogen-bond acceptors (Lipinski definition) is 6. The number of fused-ring (bicyclic) bond motifs is 2. The van der Waals surface area contributed by atoms with Gasteiger partial charge in [-0.1, -0.05) is 29.8 Å². The zero-order chi connectivity index (χ0) is 29.4. The molecule has 42 heavy (non-hydrogen) atoms. The standard InChI is InChI=1S/C33H35ClFN3O4/c1-33(2,3)42-32(39)23-6-8-28-29(15-23)38(18-26-11-13-40-26)31(36-28)19-37-12-10-22-5-4-21(14-24(22)17-37)20-41-30-9-7-25(34)16-27(30)35/h4-9,14-16,26H,10-13,17-20H2,1-3H3/t26-/m0/s1. The van der Waals surface area contributed by atoms with Crippen molar-refractivity contribution in [3.05, 3.63) is 93.5 Å². The number of carbonyl (C=O) groups excluding carboxylic acids is 1. The maximum absolute atomic E-state index is 14.2. The topological polar surface area (TPSA) is 65.8 Å². The molecule has 0 bridgehead atoms. The number of nitrogens with zero attached hydrogens (tertiary/aromatic N) is 3. The minimum Gasteiger partial charge on any atom is -0.486 e. The van der Waals surface area contributed by atoms with Crippen molar-refractivity contribution in [2.75, 3.05) is 13.2 Å². The van der Waals surface area contributed by atoms with Gasteiger partial charge in [0.15, 0.2) is 11.6 Å². The molecule has 1 saturated heterocycles. The molecular weight excluding hydrogens is 557 g/mol. The average Bonchev–Trinajstić information content (AvgIpc) is 3.24. The Morgan fingerprint density at radius 1 is 1.12 bits per heavy atom. The van der Waals surface area contributed by atoms with Crippen LogP contribution in [-0.4, -0.2) is 45.3 Å². The van der Waals surface area contributed by atoms with Gasteiger partial charge in [-0.2, -0.15) is 0 Å². The van der Waals surface area contributed by atoms with E-state index < -0.39 is 11.4 Å². The predicted octanol–water partition coefficient (Wildman–Crippen LogP) is 6.71. The first-order valence-corrected chi connectivity index (χ1v) is 14.7. The molecule has 3 aromatic carbocycles. The highest BCUT2D eigenvalue weighted by atomic mass is 35.5. The molecule has 1 atom stereocenters. The summed E-state index contributed by atoms with van der Waals surface area (Å²) in [5.74, 6) is 0.316. The van der Waals surface area contributed by atoms with Crippen LogP contribution >= 0.6 is 11.6 Å². The summed E-state index contributed by atoms with van der Waals surface area (Å²) >= 11 is 5.86. The van der Waals surface area contributed by atoms with Crippen LogP contribution in [-0.2, 0) is 42.1 Å². The van der Waals surface area contributed by atoms with E-state index in [1.807, 2.05) is 39.0 Å². The average molecular weight is 592 g/mol. The molecule has 220 valence electrons. The molecule has 0 spiro atoms. The van der Waals surface area contributed by atoms with Crippen molar-refractivity contribution in [3.8, 4) is 5.75 Å². The van der Waals surface area contributed by atoms with Crippen molar-refractivity contribution in [3.63, 3.8) is 0 Å². The Morgan fingerprint density at radius 3 is 2.69 bits per heavy atom. The first-order chi connectivity index (χ1) is 20.1. The smallest absolute Gasteiger partial charge is 0.338 e. The highest BCUT2D eigenvalue weighted by molar-refractivity contribution is 6.30. The molecule has 0 amide bonds. The van der Waals surface area contributed by atoms with Crippen LogP contribution in [0.1, 0.15) is 60.1 Å². The minimum atomic E-state index is -0.570. The molecule has 0 aliphatic carbocycles. The fourth-order valence-electron chi connectivity index (χ4n) is 5.44. The fraction of sp³-hybridized carbons (Fsp3) is 0.394. The van der Waals surface area contributed by atoms with Crippen LogP contribution in [0.2, 0.25) is 5.02 Å².